The van der Waals surface area contributed by atoms with Crippen LogP contribution in [0.1, 0.15) is 20.9 Å². The number of aryl methyl sites for hydroxylation is 1. The molecule has 3 rings (SSSR count). The molecule has 134 valence electrons. The van der Waals surface area contributed by atoms with E-state index < -0.39 is 5.97 Å². The van der Waals surface area contributed by atoms with Crippen molar-refractivity contribution in [3.63, 3.8) is 0 Å². The number of carboxylic acids is 1. The summed E-state index contributed by atoms with van der Waals surface area (Å²) in [6.45, 7) is 2.02. The third-order valence-electron chi connectivity index (χ3n) is 3.72. The molecule has 2 aromatic carbocycles. The zero-order chi connectivity index (χ0) is 18.7. The predicted molar refractivity (Wildman–Crippen MR) is 102 cm³/mol. The number of benzene rings is 2. The molecule has 1 heterocycles. The van der Waals surface area contributed by atoms with Crippen LogP contribution in [0, 0.1) is 6.92 Å². The quantitative estimate of drug-likeness (QED) is 0.638. The lowest BCUT2D eigenvalue weighted by molar-refractivity contribution is 0.0701. The molecule has 0 aliphatic rings. The van der Waals surface area contributed by atoms with E-state index in [2.05, 4.69) is 4.98 Å². The van der Waals surface area contributed by atoms with Crippen LogP contribution in [-0.2, 0) is 6.61 Å². The van der Waals surface area contributed by atoms with Crippen LogP contribution >= 0.6 is 22.9 Å². The molecule has 0 unspecified atom stereocenters. The standard InChI is InChI=1S/C19H16ClNO4S/c1-11-17(19(22)23)26-18(21-11)15-8-7-14(24-2)9-16(15)25-10-12-3-5-13(20)6-4-12/h3-9H,10H2,1-2H3,(H,22,23). The van der Waals surface area contributed by atoms with Crippen LogP contribution < -0.4 is 9.47 Å². The summed E-state index contributed by atoms with van der Waals surface area (Å²) in [5.74, 6) is 0.236. The van der Waals surface area contributed by atoms with E-state index in [0.717, 1.165) is 22.5 Å². The number of thiazole rings is 1. The van der Waals surface area contributed by atoms with E-state index in [-0.39, 0.29) is 4.88 Å². The minimum Gasteiger partial charge on any atom is -0.497 e. The van der Waals surface area contributed by atoms with Crippen molar-refractivity contribution < 1.29 is 19.4 Å². The highest BCUT2D eigenvalue weighted by Crippen LogP contribution is 2.37. The number of halogens is 1. The summed E-state index contributed by atoms with van der Waals surface area (Å²) >= 11 is 7.03. The van der Waals surface area contributed by atoms with Crippen molar-refractivity contribution in [2.75, 3.05) is 7.11 Å². The zero-order valence-corrected chi connectivity index (χ0v) is 15.7. The molecule has 5 nitrogen and oxygen atoms in total. The molecule has 7 heteroatoms. The molecule has 3 aromatic rings. The fraction of sp³-hybridized carbons (Fsp3) is 0.158. The average molecular weight is 390 g/mol. The predicted octanol–water partition coefficient (Wildman–Crippen LogP) is 5.06. The number of rotatable bonds is 6. The number of carboxylic acid groups (broad SMARTS) is 1. The summed E-state index contributed by atoms with van der Waals surface area (Å²) in [5.41, 5.74) is 2.17. The average Bonchev–Trinajstić information content (AvgIpc) is 3.03. The van der Waals surface area contributed by atoms with Gasteiger partial charge in [0.1, 0.15) is 28.0 Å². The molecule has 0 saturated heterocycles. The molecule has 0 bridgehead atoms. The molecule has 26 heavy (non-hydrogen) atoms. The second-order valence-electron chi connectivity index (χ2n) is 5.52. The van der Waals surface area contributed by atoms with Crippen LogP contribution in [0.15, 0.2) is 42.5 Å². The fourth-order valence-corrected chi connectivity index (χ4v) is 3.44. The summed E-state index contributed by atoms with van der Waals surface area (Å²) in [5, 5.41) is 10.5. The maximum Gasteiger partial charge on any atom is 0.347 e. The summed E-state index contributed by atoms with van der Waals surface area (Å²) in [7, 11) is 1.58. The number of hydrogen-bond acceptors (Lipinski definition) is 5. The first-order valence-electron chi connectivity index (χ1n) is 7.74. The van der Waals surface area contributed by atoms with E-state index in [1.807, 2.05) is 18.2 Å². The Morgan fingerprint density at radius 2 is 1.96 bits per heavy atom. The Bertz CT molecular complexity index is 937. The van der Waals surface area contributed by atoms with Crippen molar-refractivity contribution >= 4 is 28.9 Å². The number of aromatic nitrogens is 1. The van der Waals surface area contributed by atoms with Crippen LogP contribution in [0.25, 0.3) is 10.6 Å². The lowest BCUT2D eigenvalue weighted by Crippen LogP contribution is -1.97. The van der Waals surface area contributed by atoms with Gasteiger partial charge in [0.25, 0.3) is 0 Å². The molecule has 0 spiro atoms. The molecule has 1 aromatic heterocycles. The van der Waals surface area contributed by atoms with Gasteiger partial charge in [-0.25, -0.2) is 9.78 Å². The highest BCUT2D eigenvalue weighted by atomic mass is 35.5. The number of ether oxygens (including phenoxy) is 2. The zero-order valence-electron chi connectivity index (χ0n) is 14.2. The molecular formula is C19H16ClNO4S. The van der Waals surface area contributed by atoms with Gasteiger partial charge >= 0.3 is 5.97 Å². The van der Waals surface area contributed by atoms with E-state index in [4.69, 9.17) is 21.1 Å². The monoisotopic (exact) mass is 389 g/mol. The first-order valence-corrected chi connectivity index (χ1v) is 8.93. The van der Waals surface area contributed by atoms with Crippen molar-refractivity contribution in [2.24, 2.45) is 0 Å². The van der Waals surface area contributed by atoms with Crippen molar-refractivity contribution in [1.29, 1.82) is 0 Å². The van der Waals surface area contributed by atoms with Crippen molar-refractivity contribution in [3.05, 3.63) is 63.6 Å². The minimum absolute atomic E-state index is 0.222. The lowest BCUT2D eigenvalue weighted by atomic mass is 10.2. The van der Waals surface area contributed by atoms with Crippen molar-refractivity contribution in [3.8, 4) is 22.1 Å². The minimum atomic E-state index is -0.983. The molecular weight excluding hydrogens is 374 g/mol. The number of methoxy groups -OCH3 is 1. The Morgan fingerprint density at radius 1 is 1.23 bits per heavy atom. The highest BCUT2D eigenvalue weighted by Gasteiger charge is 2.18. The van der Waals surface area contributed by atoms with Gasteiger partial charge in [-0.05, 0) is 36.8 Å². The van der Waals surface area contributed by atoms with Crippen LogP contribution in [-0.4, -0.2) is 23.2 Å². The molecule has 0 saturated carbocycles. The van der Waals surface area contributed by atoms with Gasteiger partial charge in [-0.15, -0.1) is 11.3 Å². The second kappa shape index (κ2) is 7.76. The summed E-state index contributed by atoms with van der Waals surface area (Å²) < 4.78 is 11.2. The van der Waals surface area contributed by atoms with E-state index in [1.165, 1.54) is 0 Å². The Kier molecular flexibility index (Phi) is 5.44. The number of hydrogen-bond donors (Lipinski definition) is 1. The van der Waals surface area contributed by atoms with Gasteiger partial charge in [0.05, 0.1) is 18.4 Å². The number of nitrogens with zero attached hydrogens (tertiary/aromatic N) is 1. The molecule has 1 N–H and O–H groups in total. The van der Waals surface area contributed by atoms with Gasteiger partial charge in [-0.2, -0.15) is 0 Å². The smallest absolute Gasteiger partial charge is 0.347 e. The third kappa shape index (κ3) is 3.98. The fourth-order valence-electron chi connectivity index (χ4n) is 2.38. The Labute approximate surface area is 159 Å². The van der Waals surface area contributed by atoms with Gasteiger partial charge in [-0.1, -0.05) is 23.7 Å². The molecule has 0 atom stereocenters. The van der Waals surface area contributed by atoms with Gasteiger partial charge in [0.2, 0.25) is 0 Å². The van der Waals surface area contributed by atoms with Gasteiger partial charge in [0.15, 0.2) is 0 Å². The van der Waals surface area contributed by atoms with Crippen LogP contribution in [0.3, 0.4) is 0 Å². The normalized spacial score (nSPS) is 10.6. The topological polar surface area (TPSA) is 68.7 Å². The van der Waals surface area contributed by atoms with Crippen molar-refractivity contribution in [1.82, 2.24) is 4.98 Å². The Morgan fingerprint density at radius 3 is 2.58 bits per heavy atom. The summed E-state index contributed by atoms with van der Waals surface area (Å²) in [6.07, 6.45) is 0. The molecule has 0 aliphatic carbocycles. The molecule has 0 radical (unpaired) electrons. The third-order valence-corrected chi connectivity index (χ3v) is 5.15. The molecule has 0 amide bonds. The largest absolute Gasteiger partial charge is 0.497 e. The Balaban J connectivity index is 1.93. The first kappa shape index (κ1) is 18.2. The second-order valence-corrected chi connectivity index (χ2v) is 6.95. The van der Waals surface area contributed by atoms with Gasteiger partial charge in [-0.3, -0.25) is 0 Å². The molecule has 0 fully saturated rings. The van der Waals surface area contributed by atoms with E-state index in [0.29, 0.717) is 33.8 Å². The number of carbonyl (C=O) groups is 1. The first-order chi connectivity index (χ1) is 12.5. The van der Waals surface area contributed by atoms with E-state index in [9.17, 15) is 9.90 Å². The summed E-state index contributed by atoms with van der Waals surface area (Å²) in [4.78, 5) is 15.9. The van der Waals surface area contributed by atoms with Gasteiger partial charge in [0, 0.05) is 11.1 Å². The lowest BCUT2D eigenvalue weighted by Gasteiger charge is -2.12. The van der Waals surface area contributed by atoms with Crippen LogP contribution in [0.5, 0.6) is 11.5 Å². The van der Waals surface area contributed by atoms with E-state index >= 15 is 0 Å². The summed E-state index contributed by atoms with van der Waals surface area (Å²) in [6, 6.07) is 12.8. The number of aromatic carboxylic acids is 1. The Hall–Kier alpha value is -2.57. The maximum absolute atomic E-state index is 11.3. The van der Waals surface area contributed by atoms with Crippen molar-refractivity contribution in [2.45, 2.75) is 13.5 Å². The maximum atomic E-state index is 11.3. The van der Waals surface area contributed by atoms with Crippen LogP contribution in [0.2, 0.25) is 5.02 Å². The molecule has 0 aliphatic heterocycles. The SMILES string of the molecule is COc1ccc(-c2nc(C)c(C(=O)O)s2)c(OCc2ccc(Cl)cc2)c1. The highest BCUT2D eigenvalue weighted by molar-refractivity contribution is 7.17. The van der Waals surface area contributed by atoms with Gasteiger partial charge < -0.3 is 14.6 Å². The van der Waals surface area contributed by atoms with Crippen LogP contribution in [0.4, 0.5) is 0 Å². The van der Waals surface area contributed by atoms with E-state index in [1.54, 1.807) is 38.3 Å².